The van der Waals surface area contributed by atoms with Crippen molar-refractivity contribution in [1.82, 2.24) is 4.98 Å². The first-order valence-corrected chi connectivity index (χ1v) is 8.42. The molecule has 0 radical (unpaired) electrons. The number of hydrogen-bond donors (Lipinski definition) is 1. The summed E-state index contributed by atoms with van der Waals surface area (Å²) in [7, 11) is 0. The molecule has 0 aliphatic carbocycles. The SMILES string of the molecule is CC(C)(C)Nc1cc(C#N)c(-c2cccc(-c3ccccc3)c2F)cn1. The second-order valence-corrected chi connectivity index (χ2v) is 7.14. The Morgan fingerprint density at radius 1 is 0.962 bits per heavy atom. The summed E-state index contributed by atoms with van der Waals surface area (Å²) in [5.41, 5.74) is 2.36. The quantitative estimate of drug-likeness (QED) is 0.668. The molecule has 4 heteroatoms. The maximum Gasteiger partial charge on any atom is 0.138 e. The Balaban J connectivity index is 2.09. The lowest BCUT2D eigenvalue weighted by atomic mass is 9.96. The van der Waals surface area contributed by atoms with Crippen LogP contribution in [-0.4, -0.2) is 10.5 Å². The molecule has 0 spiro atoms. The number of rotatable bonds is 3. The first-order chi connectivity index (χ1) is 12.4. The first-order valence-electron chi connectivity index (χ1n) is 8.42. The van der Waals surface area contributed by atoms with Gasteiger partial charge in [-0.15, -0.1) is 0 Å². The van der Waals surface area contributed by atoms with E-state index in [4.69, 9.17) is 0 Å². The van der Waals surface area contributed by atoms with Gasteiger partial charge < -0.3 is 5.32 Å². The fraction of sp³-hybridized carbons (Fsp3) is 0.182. The molecule has 3 rings (SSSR count). The molecule has 0 unspecified atom stereocenters. The van der Waals surface area contributed by atoms with Gasteiger partial charge in [-0.05, 0) is 32.4 Å². The molecule has 3 aromatic rings. The largest absolute Gasteiger partial charge is 0.365 e. The summed E-state index contributed by atoms with van der Waals surface area (Å²) in [5.74, 6) is 0.242. The highest BCUT2D eigenvalue weighted by atomic mass is 19.1. The second-order valence-electron chi connectivity index (χ2n) is 7.14. The maximum absolute atomic E-state index is 15.2. The zero-order valence-corrected chi connectivity index (χ0v) is 15.0. The number of nitrogens with one attached hydrogen (secondary N) is 1. The van der Waals surface area contributed by atoms with Crippen LogP contribution in [0.25, 0.3) is 22.3 Å². The highest BCUT2D eigenvalue weighted by Gasteiger charge is 2.17. The lowest BCUT2D eigenvalue weighted by molar-refractivity contribution is 0.629. The minimum Gasteiger partial charge on any atom is -0.365 e. The Kier molecular flexibility index (Phi) is 4.73. The van der Waals surface area contributed by atoms with E-state index in [0.29, 0.717) is 28.1 Å². The number of pyridine rings is 1. The van der Waals surface area contributed by atoms with Crippen LogP contribution >= 0.6 is 0 Å². The number of halogens is 1. The number of hydrogen-bond acceptors (Lipinski definition) is 3. The molecule has 1 N–H and O–H groups in total. The van der Waals surface area contributed by atoms with Crippen LogP contribution in [0.4, 0.5) is 10.2 Å². The van der Waals surface area contributed by atoms with E-state index in [1.54, 1.807) is 30.5 Å². The normalized spacial score (nSPS) is 11.0. The Labute approximate surface area is 153 Å². The summed E-state index contributed by atoms with van der Waals surface area (Å²) in [5, 5.41) is 12.8. The third kappa shape index (κ3) is 3.73. The average molecular weight is 345 g/mol. The van der Waals surface area contributed by atoms with Crippen molar-refractivity contribution in [2.75, 3.05) is 5.32 Å². The molecule has 26 heavy (non-hydrogen) atoms. The van der Waals surface area contributed by atoms with Crippen LogP contribution in [0.2, 0.25) is 0 Å². The van der Waals surface area contributed by atoms with Crippen LogP contribution in [0.3, 0.4) is 0 Å². The van der Waals surface area contributed by atoms with E-state index in [1.165, 1.54) is 0 Å². The first kappa shape index (κ1) is 17.6. The average Bonchev–Trinajstić information content (AvgIpc) is 2.61. The van der Waals surface area contributed by atoms with E-state index in [2.05, 4.69) is 16.4 Å². The fourth-order valence-corrected chi connectivity index (χ4v) is 2.80. The van der Waals surface area contributed by atoms with Crippen LogP contribution in [0.1, 0.15) is 26.3 Å². The van der Waals surface area contributed by atoms with Crippen molar-refractivity contribution in [3.8, 4) is 28.3 Å². The lowest BCUT2D eigenvalue weighted by Crippen LogP contribution is -2.26. The number of nitrogens with zero attached hydrogens (tertiary/aromatic N) is 2. The zero-order chi connectivity index (χ0) is 18.7. The predicted molar refractivity (Wildman–Crippen MR) is 103 cm³/mol. The third-order valence-corrected chi connectivity index (χ3v) is 3.90. The van der Waals surface area contributed by atoms with Crippen LogP contribution in [0, 0.1) is 17.1 Å². The van der Waals surface area contributed by atoms with Crippen molar-refractivity contribution in [2.24, 2.45) is 0 Å². The number of anilines is 1. The van der Waals surface area contributed by atoms with Gasteiger partial charge in [0.2, 0.25) is 0 Å². The third-order valence-electron chi connectivity index (χ3n) is 3.90. The van der Waals surface area contributed by atoms with Crippen LogP contribution in [0.15, 0.2) is 60.8 Å². The number of aromatic nitrogens is 1. The smallest absolute Gasteiger partial charge is 0.138 e. The van der Waals surface area contributed by atoms with Crippen LogP contribution in [0.5, 0.6) is 0 Å². The molecule has 3 nitrogen and oxygen atoms in total. The van der Waals surface area contributed by atoms with E-state index in [1.807, 2.05) is 51.1 Å². The van der Waals surface area contributed by atoms with Crippen molar-refractivity contribution >= 4 is 5.82 Å². The molecule has 1 aromatic heterocycles. The van der Waals surface area contributed by atoms with Gasteiger partial charge in [0, 0.05) is 28.4 Å². The molecule has 0 saturated heterocycles. The van der Waals surface area contributed by atoms with Gasteiger partial charge >= 0.3 is 0 Å². The van der Waals surface area contributed by atoms with E-state index in [0.717, 1.165) is 5.56 Å². The highest BCUT2D eigenvalue weighted by Crippen LogP contribution is 2.33. The maximum atomic E-state index is 15.2. The molecule has 130 valence electrons. The molecule has 0 saturated carbocycles. The molecule has 2 aromatic carbocycles. The summed E-state index contributed by atoms with van der Waals surface area (Å²) in [6, 6.07) is 18.4. The van der Waals surface area contributed by atoms with Crippen LogP contribution in [-0.2, 0) is 0 Å². The highest BCUT2D eigenvalue weighted by molar-refractivity contribution is 5.77. The summed E-state index contributed by atoms with van der Waals surface area (Å²) in [4.78, 5) is 4.36. The Bertz CT molecular complexity index is 967. The summed E-state index contributed by atoms with van der Waals surface area (Å²) >= 11 is 0. The van der Waals surface area contributed by atoms with Gasteiger partial charge in [0.15, 0.2) is 0 Å². The van der Waals surface area contributed by atoms with Gasteiger partial charge in [-0.1, -0.05) is 48.5 Å². The van der Waals surface area contributed by atoms with Gasteiger partial charge in [0.05, 0.1) is 11.6 Å². The van der Waals surface area contributed by atoms with E-state index < -0.39 is 0 Å². The van der Waals surface area contributed by atoms with Gasteiger partial charge in [-0.2, -0.15) is 5.26 Å². The Morgan fingerprint density at radius 2 is 1.65 bits per heavy atom. The molecule has 0 bridgehead atoms. The summed E-state index contributed by atoms with van der Waals surface area (Å²) in [6.07, 6.45) is 1.56. The Hall–Kier alpha value is -3.19. The van der Waals surface area contributed by atoms with Gasteiger partial charge in [-0.3, -0.25) is 0 Å². The predicted octanol–water partition coefficient (Wildman–Crippen LogP) is 5.64. The number of nitriles is 1. The molecular weight excluding hydrogens is 325 g/mol. The molecule has 0 fully saturated rings. The molecule has 0 amide bonds. The van der Waals surface area contributed by atoms with Crippen LogP contribution < -0.4 is 5.32 Å². The van der Waals surface area contributed by atoms with E-state index >= 15 is 4.39 Å². The van der Waals surface area contributed by atoms with Gasteiger partial charge in [0.1, 0.15) is 11.6 Å². The lowest BCUT2D eigenvalue weighted by Gasteiger charge is -2.21. The summed E-state index contributed by atoms with van der Waals surface area (Å²) < 4.78 is 15.2. The standard InChI is InChI=1S/C22H20FN3/c1-22(2,3)26-20-12-16(13-24)19(14-25-20)18-11-7-10-17(21(18)23)15-8-5-4-6-9-15/h4-12,14H,1-3H3,(H,25,26). The van der Waals surface area contributed by atoms with Crippen molar-refractivity contribution in [2.45, 2.75) is 26.3 Å². The molecule has 0 atom stereocenters. The topological polar surface area (TPSA) is 48.7 Å². The molecule has 0 aliphatic heterocycles. The minimum absolute atomic E-state index is 0.181. The van der Waals surface area contributed by atoms with Crippen molar-refractivity contribution in [3.05, 3.63) is 72.2 Å². The molecular formula is C22H20FN3. The minimum atomic E-state index is -0.353. The Morgan fingerprint density at radius 3 is 2.31 bits per heavy atom. The van der Waals surface area contributed by atoms with Gasteiger partial charge in [0.25, 0.3) is 0 Å². The second kappa shape index (κ2) is 6.97. The van der Waals surface area contributed by atoms with Crippen molar-refractivity contribution in [3.63, 3.8) is 0 Å². The number of benzene rings is 2. The molecule has 1 heterocycles. The molecule has 0 aliphatic rings. The fourth-order valence-electron chi connectivity index (χ4n) is 2.80. The van der Waals surface area contributed by atoms with E-state index in [9.17, 15) is 5.26 Å². The summed E-state index contributed by atoms with van der Waals surface area (Å²) in [6.45, 7) is 6.03. The van der Waals surface area contributed by atoms with Gasteiger partial charge in [-0.25, -0.2) is 9.37 Å². The van der Waals surface area contributed by atoms with Crippen molar-refractivity contribution in [1.29, 1.82) is 5.26 Å². The van der Waals surface area contributed by atoms with Crippen molar-refractivity contribution < 1.29 is 4.39 Å². The van der Waals surface area contributed by atoms with E-state index in [-0.39, 0.29) is 11.4 Å². The zero-order valence-electron chi connectivity index (χ0n) is 15.0. The monoisotopic (exact) mass is 345 g/mol.